The first-order valence-electron chi connectivity index (χ1n) is 7.93. The van der Waals surface area contributed by atoms with Crippen molar-refractivity contribution in [2.75, 3.05) is 7.11 Å². The van der Waals surface area contributed by atoms with Gasteiger partial charge in [-0.15, -0.1) is 0 Å². The van der Waals surface area contributed by atoms with Crippen molar-refractivity contribution in [1.82, 2.24) is 0 Å². The first-order chi connectivity index (χ1) is 10.7. The van der Waals surface area contributed by atoms with E-state index in [2.05, 4.69) is 24.3 Å². The van der Waals surface area contributed by atoms with Crippen LogP contribution < -0.4 is 4.74 Å². The maximum atomic E-state index is 11.5. The van der Waals surface area contributed by atoms with Crippen LogP contribution in [-0.2, 0) is 9.53 Å². The fourth-order valence-corrected chi connectivity index (χ4v) is 3.62. The highest BCUT2D eigenvalue weighted by atomic mass is 16.5. The van der Waals surface area contributed by atoms with E-state index in [9.17, 15) is 4.79 Å². The molecule has 116 valence electrons. The van der Waals surface area contributed by atoms with Gasteiger partial charge >= 0.3 is 5.97 Å². The second kappa shape index (κ2) is 6.39. The van der Waals surface area contributed by atoms with Gasteiger partial charge in [-0.05, 0) is 36.1 Å². The molecule has 0 amide bonds. The standard InChI is InChI=1S/C19H22O3/c1-13(20)22-17-10-6-5-9-16(17)19-15-8-4-3-7-14(15)11-12-18(19)21-2/h3-4,7-8,11-12,16-17H,5-6,9-10H2,1-2H3/t16-,17+/m1/s1. The lowest BCUT2D eigenvalue weighted by Crippen LogP contribution is -2.28. The summed E-state index contributed by atoms with van der Waals surface area (Å²) < 4.78 is 11.2. The van der Waals surface area contributed by atoms with Gasteiger partial charge in [0.2, 0.25) is 0 Å². The fraction of sp³-hybridized carbons (Fsp3) is 0.421. The van der Waals surface area contributed by atoms with E-state index in [4.69, 9.17) is 9.47 Å². The number of ether oxygens (including phenoxy) is 2. The van der Waals surface area contributed by atoms with Crippen LogP contribution in [0.2, 0.25) is 0 Å². The van der Waals surface area contributed by atoms with Crippen LogP contribution in [0.15, 0.2) is 36.4 Å². The molecule has 0 bridgehead atoms. The number of esters is 1. The molecule has 3 heteroatoms. The van der Waals surface area contributed by atoms with Gasteiger partial charge in [-0.3, -0.25) is 4.79 Å². The monoisotopic (exact) mass is 298 g/mol. The summed E-state index contributed by atoms with van der Waals surface area (Å²) >= 11 is 0. The zero-order valence-electron chi connectivity index (χ0n) is 13.2. The van der Waals surface area contributed by atoms with E-state index in [1.807, 2.05) is 12.1 Å². The molecular weight excluding hydrogens is 276 g/mol. The highest BCUT2D eigenvalue weighted by Crippen LogP contribution is 2.42. The van der Waals surface area contributed by atoms with Gasteiger partial charge in [-0.25, -0.2) is 0 Å². The summed E-state index contributed by atoms with van der Waals surface area (Å²) in [4.78, 5) is 11.5. The van der Waals surface area contributed by atoms with Gasteiger partial charge in [0.15, 0.2) is 0 Å². The first-order valence-corrected chi connectivity index (χ1v) is 7.93. The second-order valence-corrected chi connectivity index (χ2v) is 5.94. The molecule has 22 heavy (non-hydrogen) atoms. The summed E-state index contributed by atoms with van der Waals surface area (Å²) in [5.74, 6) is 0.901. The van der Waals surface area contributed by atoms with Crippen molar-refractivity contribution < 1.29 is 14.3 Å². The largest absolute Gasteiger partial charge is 0.496 e. The molecular formula is C19H22O3. The zero-order valence-corrected chi connectivity index (χ0v) is 13.2. The molecule has 0 radical (unpaired) electrons. The minimum absolute atomic E-state index is 0.0500. The van der Waals surface area contributed by atoms with Gasteiger partial charge in [0, 0.05) is 18.4 Å². The number of carbonyl (C=O) groups excluding carboxylic acids is 1. The Balaban J connectivity index is 2.11. The van der Waals surface area contributed by atoms with E-state index >= 15 is 0 Å². The molecule has 3 rings (SSSR count). The molecule has 0 heterocycles. The molecule has 1 fully saturated rings. The van der Waals surface area contributed by atoms with E-state index in [0.717, 1.165) is 31.4 Å². The average Bonchev–Trinajstić information content (AvgIpc) is 2.54. The Bertz CT molecular complexity index is 677. The van der Waals surface area contributed by atoms with Crippen molar-refractivity contribution >= 4 is 16.7 Å². The third-order valence-electron chi connectivity index (χ3n) is 4.54. The van der Waals surface area contributed by atoms with Gasteiger partial charge in [-0.2, -0.15) is 0 Å². The molecule has 0 N–H and O–H groups in total. The van der Waals surface area contributed by atoms with Crippen LogP contribution in [0.5, 0.6) is 5.75 Å². The lowest BCUT2D eigenvalue weighted by Gasteiger charge is -2.32. The Morgan fingerprint density at radius 2 is 1.86 bits per heavy atom. The number of benzene rings is 2. The Labute approximate surface area is 131 Å². The number of hydrogen-bond acceptors (Lipinski definition) is 3. The molecule has 0 spiro atoms. The predicted molar refractivity (Wildman–Crippen MR) is 87.3 cm³/mol. The molecule has 1 saturated carbocycles. The summed E-state index contributed by atoms with van der Waals surface area (Å²) in [7, 11) is 1.71. The zero-order chi connectivity index (χ0) is 15.5. The second-order valence-electron chi connectivity index (χ2n) is 5.94. The molecule has 0 unspecified atom stereocenters. The first kappa shape index (κ1) is 14.9. The topological polar surface area (TPSA) is 35.5 Å². The molecule has 0 aliphatic heterocycles. The van der Waals surface area contributed by atoms with Crippen LogP contribution in [0.4, 0.5) is 0 Å². The highest BCUT2D eigenvalue weighted by molar-refractivity contribution is 5.88. The van der Waals surface area contributed by atoms with E-state index in [0.29, 0.717) is 0 Å². The molecule has 1 aliphatic carbocycles. The van der Waals surface area contributed by atoms with Crippen LogP contribution >= 0.6 is 0 Å². The van der Waals surface area contributed by atoms with E-state index in [1.54, 1.807) is 7.11 Å². The van der Waals surface area contributed by atoms with Gasteiger partial charge in [0.05, 0.1) is 7.11 Å². The summed E-state index contributed by atoms with van der Waals surface area (Å²) in [5.41, 5.74) is 1.19. The molecule has 1 aliphatic rings. The molecule has 2 aromatic carbocycles. The number of rotatable bonds is 3. The minimum atomic E-state index is -0.198. The molecule has 0 saturated heterocycles. The Hall–Kier alpha value is -2.03. The highest BCUT2D eigenvalue weighted by Gasteiger charge is 2.32. The van der Waals surface area contributed by atoms with Crippen LogP contribution in [0.3, 0.4) is 0 Å². The van der Waals surface area contributed by atoms with Gasteiger partial charge in [0.25, 0.3) is 0 Å². The lowest BCUT2D eigenvalue weighted by molar-refractivity contribution is -0.148. The summed E-state index contributed by atoms with van der Waals surface area (Å²) in [6.45, 7) is 1.49. The third kappa shape index (κ3) is 2.80. The maximum absolute atomic E-state index is 11.5. The van der Waals surface area contributed by atoms with Crippen LogP contribution in [0, 0.1) is 0 Å². The maximum Gasteiger partial charge on any atom is 0.302 e. The summed E-state index contributed by atoms with van der Waals surface area (Å²) in [6, 6.07) is 12.4. The Morgan fingerprint density at radius 3 is 2.64 bits per heavy atom. The van der Waals surface area contributed by atoms with E-state index < -0.39 is 0 Å². The van der Waals surface area contributed by atoms with Gasteiger partial charge < -0.3 is 9.47 Å². The fourth-order valence-electron chi connectivity index (χ4n) is 3.62. The Morgan fingerprint density at radius 1 is 1.09 bits per heavy atom. The smallest absolute Gasteiger partial charge is 0.302 e. The molecule has 3 nitrogen and oxygen atoms in total. The van der Waals surface area contributed by atoms with E-state index in [1.165, 1.54) is 23.3 Å². The van der Waals surface area contributed by atoms with E-state index in [-0.39, 0.29) is 18.0 Å². The van der Waals surface area contributed by atoms with Crippen molar-refractivity contribution in [3.63, 3.8) is 0 Å². The lowest BCUT2D eigenvalue weighted by atomic mass is 9.79. The molecule has 2 atom stereocenters. The number of carbonyl (C=O) groups is 1. The van der Waals surface area contributed by atoms with Crippen molar-refractivity contribution in [3.05, 3.63) is 42.0 Å². The Kier molecular flexibility index (Phi) is 4.32. The van der Waals surface area contributed by atoms with Crippen molar-refractivity contribution in [2.45, 2.75) is 44.6 Å². The predicted octanol–water partition coefficient (Wildman–Crippen LogP) is 4.44. The average molecular weight is 298 g/mol. The van der Waals surface area contributed by atoms with Crippen molar-refractivity contribution in [2.24, 2.45) is 0 Å². The van der Waals surface area contributed by atoms with Gasteiger partial charge in [0.1, 0.15) is 11.9 Å². The number of methoxy groups -OCH3 is 1. The van der Waals surface area contributed by atoms with Gasteiger partial charge in [-0.1, -0.05) is 36.8 Å². The van der Waals surface area contributed by atoms with Crippen LogP contribution in [0.1, 0.15) is 44.1 Å². The number of hydrogen-bond donors (Lipinski definition) is 0. The number of fused-ring (bicyclic) bond motifs is 1. The van der Waals surface area contributed by atoms with Crippen molar-refractivity contribution in [1.29, 1.82) is 0 Å². The molecule has 0 aromatic heterocycles. The summed E-state index contributed by atoms with van der Waals surface area (Å²) in [6.07, 6.45) is 4.18. The summed E-state index contributed by atoms with van der Waals surface area (Å²) in [5, 5.41) is 2.40. The minimum Gasteiger partial charge on any atom is -0.496 e. The quantitative estimate of drug-likeness (QED) is 0.786. The van der Waals surface area contributed by atoms with Crippen LogP contribution in [0.25, 0.3) is 10.8 Å². The normalized spacial score (nSPS) is 21.5. The molecule has 2 aromatic rings. The third-order valence-corrected chi connectivity index (χ3v) is 4.54. The van der Waals surface area contributed by atoms with Crippen molar-refractivity contribution in [3.8, 4) is 5.75 Å². The van der Waals surface area contributed by atoms with Crippen LogP contribution in [-0.4, -0.2) is 19.2 Å². The SMILES string of the molecule is COc1ccc2ccccc2c1[C@@H]1CCCC[C@@H]1OC(C)=O.